The molecule has 0 aromatic heterocycles. The molecule has 0 radical (unpaired) electrons. The van der Waals surface area contributed by atoms with Crippen molar-refractivity contribution in [3.63, 3.8) is 0 Å². The van der Waals surface area contributed by atoms with Crippen LogP contribution in [-0.4, -0.2) is 31.1 Å². The van der Waals surface area contributed by atoms with Gasteiger partial charge in [0.05, 0.1) is 6.61 Å². The summed E-state index contributed by atoms with van der Waals surface area (Å²) in [6.07, 6.45) is 0. The lowest BCUT2D eigenvalue weighted by atomic mass is 9.89. The first-order valence-electron chi connectivity index (χ1n) is 11.1. The van der Waals surface area contributed by atoms with Crippen molar-refractivity contribution >= 4 is 5.97 Å². The van der Waals surface area contributed by atoms with Crippen LogP contribution in [0.1, 0.15) is 34.7 Å². The fraction of sp³-hybridized carbons (Fsp3) is 0.321. The predicted octanol–water partition coefficient (Wildman–Crippen LogP) is 5.41. The van der Waals surface area contributed by atoms with Gasteiger partial charge in [-0.15, -0.1) is 0 Å². The van der Waals surface area contributed by atoms with Gasteiger partial charge in [0.1, 0.15) is 0 Å². The molecule has 0 unspecified atom stereocenters. The first-order chi connectivity index (χ1) is 15.5. The zero-order valence-electron chi connectivity index (χ0n) is 19.5. The average Bonchev–Trinajstić information content (AvgIpc) is 2.78. The van der Waals surface area contributed by atoms with Gasteiger partial charge in [0.15, 0.2) is 0 Å². The largest absolute Gasteiger partial charge is 0.464 e. The van der Waals surface area contributed by atoms with E-state index in [1.165, 1.54) is 11.1 Å². The monoisotopic (exact) mass is 431 g/mol. The second-order valence-corrected chi connectivity index (χ2v) is 8.24. The van der Waals surface area contributed by atoms with Crippen LogP contribution in [0.5, 0.6) is 0 Å². The molecule has 3 aromatic rings. The van der Waals surface area contributed by atoms with Crippen molar-refractivity contribution < 1.29 is 14.3 Å². The number of esters is 1. The summed E-state index contributed by atoms with van der Waals surface area (Å²) in [4.78, 5) is 15.6. The maximum absolute atomic E-state index is 13.4. The minimum Gasteiger partial charge on any atom is -0.464 e. The average molecular weight is 432 g/mol. The van der Waals surface area contributed by atoms with Gasteiger partial charge in [-0.25, -0.2) is 4.79 Å². The highest BCUT2D eigenvalue weighted by Gasteiger charge is 2.44. The van der Waals surface area contributed by atoms with E-state index < -0.39 is 5.60 Å². The number of hydrogen-bond acceptors (Lipinski definition) is 4. The number of methoxy groups -OCH3 is 1. The van der Waals surface area contributed by atoms with E-state index in [2.05, 4.69) is 35.2 Å². The van der Waals surface area contributed by atoms with Crippen LogP contribution < -0.4 is 0 Å². The zero-order valence-corrected chi connectivity index (χ0v) is 19.5. The number of carbonyl (C=O) groups is 1. The summed E-state index contributed by atoms with van der Waals surface area (Å²) in [6.45, 7) is 7.93. The van der Waals surface area contributed by atoms with E-state index in [-0.39, 0.29) is 5.97 Å². The van der Waals surface area contributed by atoms with Gasteiger partial charge in [0.25, 0.3) is 0 Å². The van der Waals surface area contributed by atoms with Crippen molar-refractivity contribution in [2.24, 2.45) is 0 Å². The molecule has 0 N–H and O–H groups in total. The lowest BCUT2D eigenvalue weighted by Crippen LogP contribution is -2.49. The Bertz CT molecular complexity index is 942. The minimum atomic E-state index is -1.23. The number of rotatable bonds is 10. The third kappa shape index (κ3) is 5.84. The molecule has 0 saturated carbocycles. The first-order valence-corrected chi connectivity index (χ1v) is 11.1. The van der Waals surface area contributed by atoms with Gasteiger partial charge in [-0.3, -0.25) is 4.90 Å². The molecule has 0 bridgehead atoms. The van der Waals surface area contributed by atoms with E-state index in [1.807, 2.05) is 69.3 Å². The topological polar surface area (TPSA) is 38.8 Å². The molecule has 4 heteroatoms. The molecule has 3 rings (SSSR count). The van der Waals surface area contributed by atoms with Crippen LogP contribution in [0.4, 0.5) is 0 Å². The Balaban J connectivity index is 2.03. The number of hydrogen-bond donors (Lipinski definition) is 0. The van der Waals surface area contributed by atoms with Crippen molar-refractivity contribution in [3.05, 3.63) is 107 Å². The Morgan fingerprint density at radius 1 is 0.844 bits per heavy atom. The van der Waals surface area contributed by atoms with Gasteiger partial charge in [0, 0.05) is 26.7 Å². The van der Waals surface area contributed by atoms with E-state index in [0.717, 1.165) is 16.7 Å². The molecule has 0 aliphatic rings. The Kier molecular flexibility index (Phi) is 8.20. The fourth-order valence-corrected chi connectivity index (χ4v) is 4.16. The summed E-state index contributed by atoms with van der Waals surface area (Å²) >= 11 is 0. The molecule has 0 aliphatic heterocycles. The van der Waals surface area contributed by atoms with Crippen molar-refractivity contribution in [2.75, 3.05) is 20.3 Å². The summed E-state index contributed by atoms with van der Waals surface area (Å²) in [5.41, 5.74) is 4.13. The maximum Gasteiger partial charge on any atom is 0.344 e. The van der Waals surface area contributed by atoms with Gasteiger partial charge >= 0.3 is 5.97 Å². The lowest BCUT2D eigenvalue weighted by Gasteiger charge is -2.36. The molecule has 0 spiro atoms. The van der Waals surface area contributed by atoms with Gasteiger partial charge in [0.2, 0.25) is 5.60 Å². The standard InChI is InChI=1S/C28H33NO3/c1-5-32-27(30)28(31-4,26-17-22(2)16-23(3)18-26)21-29(19-24-12-8-6-9-13-24)20-25-14-10-7-11-15-25/h6-18H,5,19-21H2,1-4H3/t28-/m0/s1. The third-order valence-corrected chi connectivity index (χ3v) is 5.59. The molecular formula is C28H33NO3. The molecule has 1 atom stereocenters. The minimum absolute atomic E-state index is 0.298. The van der Waals surface area contributed by atoms with Crippen molar-refractivity contribution in [1.82, 2.24) is 4.90 Å². The molecule has 3 aromatic carbocycles. The van der Waals surface area contributed by atoms with Crippen LogP contribution in [0.3, 0.4) is 0 Å². The van der Waals surface area contributed by atoms with E-state index in [9.17, 15) is 4.79 Å². The summed E-state index contributed by atoms with van der Waals surface area (Å²) in [5, 5.41) is 0. The zero-order chi connectivity index (χ0) is 23.0. The molecule has 4 nitrogen and oxygen atoms in total. The summed E-state index contributed by atoms with van der Waals surface area (Å²) in [7, 11) is 1.60. The SMILES string of the molecule is CCOC(=O)[C@@](CN(Cc1ccccc1)Cc1ccccc1)(OC)c1cc(C)cc(C)c1. The van der Waals surface area contributed by atoms with Crippen LogP contribution in [0.2, 0.25) is 0 Å². The van der Waals surface area contributed by atoms with E-state index in [4.69, 9.17) is 9.47 Å². The Morgan fingerprint density at radius 2 is 1.34 bits per heavy atom. The molecular weight excluding hydrogens is 398 g/mol. The Labute approximate surface area is 191 Å². The number of benzene rings is 3. The van der Waals surface area contributed by atoms with Crippen molar-refractivity contribution in [1.29, 1.82) is 0 Å². The third-order valence-electron chi connectivity index (χ3n) is 5.59. The molecule has 0 amide bonds. The fourth-order valence-electron chi connectivity index (χ4n) is 4.16. The number of carbonyl (C=O) groups excluding carboxylic acids is 1. The lowest BCUT2D eigenvalue weighted by molar-refractivity contribution is -0.173. The van der Waals surface area contributed by atoms with Crippen LogP contribution in [0.25, 0.3) is 0 Å². The highest BCUT2D eigenvalue weighted by Crippen LogP contribution is 2.31. The number of aryl methyl sites for hydroxylation is 2. The highest BCUT2D eigenvalue weighted by molar-refractivity contribution is 5.82. The van der Waals surface area contributed by atoms with Gasteiger partial charge in [-0.05, 0) is 37.5 Å². The van der Waals surface area contributed by atoms with E-state index in [1.54, 1.807) is 7.11 Å². The number of ether oxygens (including phenoxy) is 2. The van der Waals surface area contributed by atoms with Gasteiger partial charge in [-0.1, -0.05) is 90.0 Å². The Hall–Kier alpha value is -2.95. The predicted molar refractivity (Wildman–Crippen MR) is 128 cm³/mol. The van der Waals surface area contributed by atoms with Crippen LogP contribution >= 0.6 is 0 Å². The van der Waals surface area contributed by atoms with Crippen LogP contribution in [0.15, 0.2) is 78.9 Å². The molecule has 0 fully saturated rings. The molecule has 0 aliphatic carbocycles. The van der Waals surface area contributed by atoms with Gasteiger partial charge in [-0.2, -0.15) is 0 Å². The van der Waals surface area contributed by atoms with E-state index in [0.29, 0.717) is 26.2 Å². The highest BCUT2D eigenvalue weighted by atomic mass is 16.6. The normalized spacial score (nSPS) is 13.0. The summed E-state index contributed by atoms with van der Waals surface area (Å²) < 4.78 is 11.6. The van der Waals surface area contributed by atoms with Crippen molar-refractivity contribution in [3.8, 4) is 0 Å². The quantitative estimate of drug-likeness (QED) is 0.402. The van der Waals surface area contributed by atoms with Crippen LogP contribution in [0, 0.1) is 13.8 Å². The second-order valence-electron chi connectivity index (χ2n) is 8.24. The maximum atomic E-state index is 13.4. The summed E-state index contributed by atoms with van der Waals surface area (Å²) in [6, 6.07) is 26.7. The number of nitrogens with zero attached hydrogens (tertiary/aromatic N) is 1. The smallest absolute Gasteiger partial charge is 0.344 e. The van der Waals surface area contributed by atoms with Crippen molar-refractivity contribution in [2.45, 2.75) is 39.5 Å². The molecule has 0 saturated heterocycles. The summed E-state index contributed by atoms with van der Waals surface area (Å²) in [5.74, 6) is -0.362. The van der Waals surface area contributed by atoms with Crippen LogP contribution in [-0.2, 0) is 33.0 Å². The van der Waals surface area contributed by atoms with E-state index >= 15 is 0 Å². The molecule has 0 heterocycles. The first kappa shape index (κ1) is 23.7. The van der Waals surface area contributed by atoms with Gasteiger partial charge < -0.3 is 9.47 Å². The molecule has 168 valence electrons. The second kappa shape index (κ2) is 11.1. The Morgan fingerprint density at radius 3 is 1.78 bits per heavy atom. The molecule has 32 heavy (non-hydrogen) atoms.